The molecule has 0 spiro atoms. The van der Waals surface area contributed by atoms with Crippen molar-refractivity contribution < 1.29 is 9.47 Å². The van der Waals surface area contributed by atoms with Crippen LogP contribution in [0.1, 0.15) is 12.0 Å². The monoisotopic (exact) mass is 210 g/mol. The molecule has 74 valence electrons. The van der Waals surface area contributed by atoms with Gasteiger partial charge in [0.15, 0.2) is 11.5 Å². The minimum absolute atomic E-state index is 0.324. The molecule has 0 saturated carbocycles. The first-order valence-electron chi connectivity index (χ1n) is 4.52. The Morgan fingerprint density at radius 1 is 1.29 bits per heavy atom. The van der Waals surface area contributed by atoms with Crippen LogP contribution in [0.15, 0.2) is 24.3 Å². The van der Waals surface area contributed by atoms with Gasteiger partial charge >= 0.3 is 0 Å². The average Bonchev–Trinajstić information content (AvgIpc) is 2.65. The Kier molecular flexibility index (Phi) is 2.94. The highest BCUT2D eigenvalue weighted by molar-refractivity contribution is 6.17. The Balaban J connectivity index is 2.12. The van der Waals surface area contributed by atoms with Crippen molar-refractivity contribution in [3.05, 3.63) is 29.8 Å². The van der Waals surface area contributed by atoms with Gasteiger partial charge in [-0.25, -0.2) is 0 Å². The molecule has 0 atom stereocenters. The van der Waals surface area contributed by atoms with Gasteiger partial charge in [0.05, 0.1) is 0 Å². The number of halogens is 1. The first-order chi connectivity index (χ1) is 6.90. The Hall–Kier alpha value is -1.15. The zero-order valence-electron chi connectivity index (χ0n) is 7.70. The summed E-state index contributed by atoms with van der Waals surface area (Å²) >= 11 is 5.57. The molecule has 3 heteroatoms. The van der Waals surface area contributed by atoms with Gasteiger partial charge in [-0.1, -0.05) is 18.2 Å². The maximum absolute atomic E-state index is 5.57. The Labute approximate surface area is 88.1 Å². The minimum Gasteiger partial charge on any atom is -0.454 e. The lowest BCUT2D eigenvalue weighted by Gasteiger charge is -1.97. The van der Waals surface area contributed by atoms with Crippen LogP contribution in [0.2, 0.25) is 0 Å². The fraction of sp³-hybridized carbons (Fsp3) is 0.273. The Bertz CT molecular complexity index is 347. The SMILES string of the molecule is ClCC/C=C/c1ccc2c(c1)OCO2. The van der Waals surface area contributed by atoms with Crippen LogP contribution in [-0.2, 0) is 0 Å². The third kappa shape index (κ3) is 2.02. The van der Waals surface area contributed by atoms with E-state index in [0.717, 1.165) is 23.5 Å². The van der Waals surface area contributed by atoms with Crippen molar-refractivity contribution >= 4 is 17.7 Å². The third-order valence-corrected chi connectivity index (χ3v) is 2.20. The van der Waals surface area contributed by atoms with Gasteiger partial charge in [-0.15, -0.1) is 11.6 Å². The summed E-state index contributed by atoms with van der Waals surface area (Å²) in [5.41, 5.74) is 1.11. The zero-order valence-corrected chi connectivity index (χ0v) is 8.46. The topological polar surface area (TPSA) is 18.5 Å². The van der Waals surface area contributed by atoms with Gasteiger partial charge < -0.3 is 9.47 Å². The van der Waals surface area contributed by atoms with Gasteiger partial charge in [0.1, 0.15) is 0 Å². The molecule has 14 heavy (non-hydrogen) atoms. The zero-order chi connectivity index (χ0) is 9.80. The molecule has 0 aromatic heterocycles. The summed E-state index contributed by atoms with van der Waals surface area (Å²) in [7, 11) is 0. The predicted molar refractivity (Wildman–Crippen MR) is 56.9 cm³/mol. The van der Waals surface area contributed by atoms with E-state index in [2.05, 4.69) is 0 Å². The first kappa shape index (κ1) is 9.41. The van der Waals surface area contributed by atoms with Crippen LogP contribution in [-0.4, -0.2) is 12.7 Å². The number of hydrogen-bond donors (Lipinski definition) is 0. The summed E-state index contributed by atoms with van der Waals surface area (Å²) in [6.07, 6.45) is 4.96. The van der Waals surface area contributed by atoms with Crippen molar-refractivity contribution in [3.63, 3.8) is 0 Å². The predicted octanol–water partition coefficient (Wildman–Crippen LogP) is 3.06. The minimum atomic E-state index is 0.324. The first-order valence-corrected chi connectivity index (χ1v) is 5.06. The molecule has 0 saturated heterocycles. The molecule has 1 aliphatic rings. The molecule has 1 aromatic rings. The second kappa shape index (κ2) is 4.38. The highest BCUT2D eigenvalue weighted by Crippen LogP contribution is 2.32. The fourth-order valence-corrected chi connectivity index (χ4v) is 1.43. The van der Waals surface area contributed by atoms with Crippen molar-refractivity contribution in [2.45, 2.75) is 6.42 Å². The normalized spacial score (nSPS) is 13.8. The molecule has 1 aliphatic heterocycles. The summed E-state index contributed by atoms with van der Waals surface area (Å²) in [5, 5.41) is 0. The standard InChI is InChI=1S/C11H11ClO2/c12-6-2-1-3-9-4-5-10-11(7-9)14-8-13-10/h1,3-5,7H,2,6,8H2/b3-1+. The summed E-state index contributed by atoms with van der Waals surface area (Å²) < 4.78 is 10.5. The van der Waals surface area contributed by atoms with Crippen LogP contribution in [0.5, 0.6) is 11.5 Å². The number of rotatable bonds is 3. The van der Waals surface area contributed by atoms with Crippen molar-refractivity contribution in [1.29, 1.82) is 0 Å². The van der Waals surface area contributed by atoms with Crippen LogP contribution in [0.3, 0.4) is 0 Å². The average molecular weight is 211 g/mol. The van der Waals surface area contributed by atoms with Gasteiger partial charge in [-0.2, -0.15) is 0 Å². The number of alkyl halides is 1. The summed E-state index contributed by atoms with van der Waals surface area (Å²) in [5.74, 6) is 2.29. The molecule has 2 nitrogen and oxygen atoms in total. The van der Waals surface area contributed by atoms with E-state index in [9.17, 15) is 0 Å². The smallest absolute Gasteiger partial charge is 0.231 e. The third-order valence-electron chi connectivity index (χ3n) is 1.98. The molecule has 0 amide bonds. The second-order valence-corrected chi connectivity index (χ2v) is 3.37. The van der Waals surface area contributed by atoms with Crippen LogP contribution < -0.4 is 9.47 Å². The van der Waals surface area contributed by atoms with E-state index in [1.165, 1.54) is 0 Å². The van der Waals surface area contributed by atoms with Crippen molar-refractivity contribution in [3.8, 4) is 11.5 Å². The molecular formula is C11H11ClO2. The lowest BCUT2D eigenvalue weighted by Crippen LogP contribution is -1.92. The maximum Gasteiger partial charge on any atom is 0.231 e. The van der Waals surface area contributed by atoms with E-state index in [0.29, 0.717) is 12.7 Å². The van der Waals surface area contributed by atoms with Gasteiger partial charge in [0, 0.05) is 5.88 Å². The number of allylic oxidation sites excluding steroid dienone is 1. The quantitative estimate of drug-likeness (QED) is 0.714. The van der Waals surface area contributed by atoms with E-state index < -0.39 is 0 Å². The lowest BCUT2D eigenvalue weighted by atomic mass is 10.2. The van der Waals surface area contributed by atoms with Crippen molar-refractivity contribution in [2.24, 2.45) is 0 Å². The molecule has 0 N–H and O–H groups in total. The lowest BCUT2D eigenvalue weighted by molar-refractivity contribution is 0.174. The van der Waals surface area contributed by atoms with Gasteiger partial charge in [0.25, 0.3) is 0 Å². The van der Waals surface area contributed by atoms with E-state index in [-0.39, 0.29) is 0 Å². The Morgan fingerprint density at radius 3 is 3.00 bits per heavy atom. The van der Waals surface area contributed by atoms with Crippen LogP contribution >= 0.6 is 11.6 Å². The number of fused-ring (bicyclic) bond motifs is 1. The summed E-state index contributed by atoms with van der Waals surface area (Å²) in [4.78, 5) is 0. The second-order valence-electron chi connectivity index (χ2n) is 2.99. The van der Waals surface area contributed by atoms with Gasteiger partial charge in [-0.05, 0) is 24.1 Å². The molecule has 1 aromatic carbocycles. The van der Waals surface area contributed by atoms with E-state index in [4.69, 9.17) is 21.1 Å². The van der Waals surface area contributed by atoms with E-state index in [1.807, 2.05) is 30.4 Å². The largest absolute Gasteiger partial charge is 0.454 e. The molecule has 0 radical (unpaired) electrons. The van der Waals surface area contributed by atoms with Crippen LogP contribution in [0, 0.1) is 0 Å². The molecule has 0 fully saturated rings. The summed E-state index contributed by atoms with van der Waals surface area (Å²) in [6.45, 7) is 0.324. The molecular weight excluding hydrogens is 200 g/mol. The van der Waals surface area contributed by atoms with Crippen molar-refractivity contribution in [1.82, 2.24) is 0 Å². The van der Waals surface area contributed by atoms with E-state index >= 15 is 0 Å². The van der Waals surface area contributed by atoms with E-state index in [1.54, 1.807) is 0 Å². The number of ether oxygens (including phenoxy) is 2. The molecule has 0 aliphatic carbocycles. The van der Waals surface area contributed by atoms with Gasteiger partial charge in [0.2, 0.25) is 6.79 Å². The van der Waals surface area contributed by atoms with Crippen LogP contribution in [0.25, 0.3) is 6.08 Å². The molecule has 2 rings (SSSR count). The summed E-state index contributed by atoms with van der Waals surface area (Å²) in [6, 6.07) is 5.88. The Morgan fingerprint density at radius 2 is 2.14 bits per heavy atom. The molecule has 0 unspecified atom stereocenters. The fourth-order valence-electron chi connectivity index (χ4n) is 1.30. The highest BCUT2D eigenvalue weighted by Gasteiger charge is 2.11. The maximum atomic E-state index is 5.57. The molecule has 1 heterocycles. The number of benzene rings is 1. The van der Waals surface area contributed by atoms with Gasteiger partial charge in [-0.3, -0.25) is 0 Å². The van der Waals surface area contributed by atoms with Crippen LogP contribution in [0.4, 0.5) is 0 Å². The highest BCUT2D eigenvalue weighted by atomic mass is 35.5. The van der Waals surface area contributed by atoms with Crippen molar-refractivity contribution in [2.75, 3.05) is 12.7 Å². The molecule has 0 bridgehead atoms. The number of hydrogen-bond acceptors (Lipinski definition) is 2.